The molecular weight excluding hydrogens is 528 g/mol. The zero-order chi connectivity index (χ0) is 28.9. The highest BCUT2D eigenvalue weighted by Crippen LogP contribution is 2.46. The molecule has 3 aromatic rings. The maximum atomic E-state index is 14.6. The summed E-state index contributed by atoms with van der Waals surface area (Å²) in [5.74, 6) is -1.18. The summed E-state index contributed by atoms with van der Waals surface area (Å²) in [6, 6.07) is 30.1. The van der Waals surface area contributed by atoms with Crippen LogP contribution < -0.4 is 0 Å². The fraction of sp³-hybridized carbons (Fsp3) is 0.417. The standard InChI is InChI=1S/C36H40O6/c1-36(2)41-24-30(42-36)28-19-12-20-29-31(28)32(37)34(39-22-26-15-8-4-9-16-26)35(40-23-27-17-10-5-11-18-27)33(29)38-21-25-13-6-3-7-14-25/h3-18,20,28-31,33-35H,19,21-24H2,1-2H3/t28-,29+,30+,31-,33+,34+,35-/m0/s1. The Hall–Kier alpha value is -3.13. The minimum Gasteiger partial charge on any atom is -0.370 e. The molecule has 1 saturated heterocycles. The molecule has 2 fully saturated rings. The monoisotopic (exact) mass is 568 g/mol. The predicted molar refractivity (Wildman–Crippen MR) is 159 cm³/mol. The van der Waals surface area contributed by atoms with Crippen LogP contribution in [0.4, 0.5) is 0 Å². The van der Waals surface area contributed by atoms with Crippen LogP contribution in [0.15, 0.2) is 103 Å². The number of hydrogen-bond acceptors (Lipinski definition) is 6. The van der Waals surface area contributed by atoms with Crippen LogP contribution in [-0.2, 0) is 48.3 Å². The summed E-state index contributed by atoms with van der Waals surface area (Å²) in [5.41, 5.74) is 3.11. The van der Waals surface area contributed by atoms with Crippen molar-refractivity contribution in [3.8, 4) is 0 Å². The summed E-state index contributed by atoms with van der Waals surface area (Å²) in [6.45, 7) is 5.39. The van der Waals surface area contributed by atoms with Gasteiger partial charge in [0.1, 0.15) is 12.2 Å². The van der Waals surface area contributed by atoms with Crippen LogP contribution in [0.5, 0.6) is 0 Å². The van der Waals surface area contributed by atoms with Crippen LogP contribution in [0, 0.1) is 17.8 Å². The van der Waals surface area contributed by atoms with Gasteiger partial charge in [-0.1, -0.05) is 103 Å². The van der Waals surface area contributed by atoms with Crippen LogP contribution in [-0.4, -0.2) is 42.6 Å². The smallest absolute Gasteiger partial charge is 0.168 e. The van der Waals surface area contributed by atoms with Gasteiger partial charge < -0.3 is 23.7 Å². The second kappa shape index (κ2) is 13.0. The Morgan fingerprint density at radius 3 is 1.79 bits per heavy atom. The van der Waals surface area contributed by atoms with Gasteiger partial charge in [0, 0.05) is 17.8 Å². The lowest BCUT2D eigenvalue weighted by atomic mass is 9.63. The highest BCUT2D eigenvalue weighted by Gasteiger charge is 2.56. The topological polar surface area (TPSA) is 63.2 Å². The van der Waals surface area contributed by atoms with Crippen molar-refractivity contribution in [3.05, 3.63) is 120 Å². The van der Waals surface area contributed by atoms with Gasteiger partial charge in [0.15, 0.2) is 11.6 Å². The summed E-state index contributed by atoms with van der Waals surface area (Å²) < 4.78 is 32.2. The van der Waals surface area contributed by atoms with Gasteiger partial charge in [0.05, 0.1) is 38.6 Å². The third kappa shape index (κ3) is 6.59. The van der Waals surface area contributed by atoms with E-state index in [1.54, 1.807) is 0 Å². The molecule has 0 bridgehead atoms. The number of fused-ring (bicyclic) bond motifs is 1. The third-order valence-corrected chi connectivity index (χ3v) is 8.60. The molecule has 1 heterocycles. The minimum atomic E-state index is -0.791. The van der Waals surface area contributed by atoms with E-state index in [1.165, 1.54) is 0 Å². The summed E-state index contributed by atoms with van der Waals surface area (Å²) in [5, 5.41) is 0. The molecule has 42 heavy (non-hydrogen) atoms. The molecule has 0 amide bonds. The van der Waals surface area contributed by atoms with E-state index in [1.807, 2.05) is 92.7 Å². The quantitative estimate of drug-likeness (QED) is 0.268. The van der Waals surface area contributed by atoms with Gasteiger partial charge in [-0.3, -0.25) is 4.79 Å². The van der Waals surface area contributed by atoms with E-state index in [4.69, 9.17) is 23.7 Å². The van der Waals surface area contributed by atoms with Crippen LogP contribution in [0.2, 0.25) is 0 Å². The Labute approximate surface area is 248 Å². The Morgan fingerprint density at radius 1 is 0.738 bits per heavy atom. The number of ether oxygens (including phenoxy) is 5. The van der Waals surface area contributed by atoms with Crippen LogP contribution in [0.3, 0.4) is 0 Å². The molecule has 0 N–H and O–H groups in total. The second-order valence-electron chi connectivity index (χ2n) is 11.9. The third-order valence-electron chi connectivity index (χ3n) is 8.60. The molecule has 3 aliphatic rings. The first kappa shape index (κ1) is 29.0. The maximum Gasteiger partial charge on any atom is 0.168 e. The van der Waals surface area contributed by atoms with E-state index in [0.29, 0.717) is 26.4 Å². The van der Waals surface area contributed by atoms with E-state index in [-0.39, 0.29) is 29.6 Å². The molecule has 3 aromatic carbocycles. The van der Waals surface area contributed by atoms with Gasteiger partial charge in [0.25, 0.3) is 0 Å². The van der Waals surface area contributed by atoms with E-state index in [2.05, 4.69) is 24.3 Å². The first-order valence-corrected chi connectivity index (χ1v) is 15.0. The molecule has 0 unspecified atom stereocenters. The van der Waals surface area contributed by atoms with Crippen molar-refractivity contribution >= 4 is 5.78 Å². The van der Waals surface area contributed by atoms with Gasteiger partial charge in [-0.15, -0.1) is 0 Å². The van der Waals surface area contributed by atoms with E-state index in [9.17, 15) is 4.79 Å². The van der Waals surface area contributed by atoms with Crippen molar-refractivity contribution < 1.29 is 28.5 Å². The Balaban J connectivity index is 1.33. The number of Topliss-reactive ketones (excluding diaryl/α,β-unsaturated/α-hetero) is 1. The molecule has 6 heteroatoms. The molecule has 6 nitrogen and oxygen atoms in total. The van der Waals surface area contributed by atoms with Gasteiger partial charge in [0.2, 0.25) is 0 Å². The lowest BCUT2D eigenvalue weighted by Gasteiger charge is -2.49. The summed E-state index contributed by atoms with van der Waals surface area (Å²) in [6.07, 6.45) is 3.10. The van der Waals surface area contributed by atoms with Gasteiger partial charge in [-0.25, -0.2) is 0 Å². The number of allylic oxidation sites excluding steroid dienone is 1. The molecule has 2 aliphatic carbocycles. The number of rotatable bonds is 10. The van der Waals surface area contributed by atoms with Crippen molar-refractivity contribution in [2.24, 2.45) is 17.8 Å². The van der Waals surface area contributed by atoms with Crippen LogP contribution >= 0.6 is 0 Å². The summed E-state index contributed by atoms with van der Waals surface area (Å²) >= 11 is 0. The van der Waals surface area contributed by atoms with Gasteiger partial charge in [-0.05, 0) is 37.0 Å². The number of carbonyl (C=O) groups excluding carboxylic acids is 1. The molecule has 0 spiro atoms. The predicted octanol–water partition coefficient (Wildman–Crippen LogP) is 6.29. The molecule has 7 atom stereocenters. The first-order valence-electron chi connectivity index (χ1n) is 15.0. The van der Waals surface area contributed by atoms with Crippen molar-refractivity contribution in [3.63, 3.8) is 0 Å². The number of hydrogen-bond donors (Lipinski definition) is 0. The zero-order valence-corrected chi connectivity index (χ0v) is 24.3. The normalized spacial score (nSPS) is 30.2. The summed E-state index contributed by atoms with van der Waals surface area (Å²) in [4.78, 5) is 14.6. The SMILES string of the molecule is CC1(C)OC[C@H]([C@@H]2CC=C[C@H]3[C@@H](OCc4ccccc4)[C@H](OCc4ccccc4)[C@H](OCc4ccccc4)C(=O)[C@H]32)O1. The van der Waals surface area contributed by atoms with E-state index in [0.717, 1.165) is 23.1 Å². The average Bonchev–Trinajstić information content (AvgIpc) is 3.39. The van der Waals surface area contributed by atoms with Crippen molar-refractivity contribution in [1.82, 2.24) is 0 Å². The van der Waals surface area contributed by atoms with Crippen molar-refractivity contribution in [2.75, 3.05) is 6.61 Å². The van der Waals surface area contributed by atoms with Crippen molar-refractivity contribution in [1.29, 1.82) is 0 Å². The highest BCUT2D eigenvalue weighted by molar-refractivity contribution is 5.88. The van der Waals surface area contributed by atoms with E-state index >= 15 is 0 Å². The fourth-order valence-corrected chi connectivity index (χ4v) is 6.57. The number of benzene rings is 3. The maximum absolute atomic E-state index is 14.6. The second-order valence-corrected chi connectivity index (χ2v) is 11.9. The van der Waals surface area contributed by atoms with Gasteiger partial charge in [-0.2, -0.15) is 0 Å². The fourth-order valence-electron chi connectivity index (χ4n) is 6.57. The lowest BCUT2D eigenvalue weighted by Crippen LogP contribution is -2.61. The number of ketones is 1. The molecule has 0 aromatic heterocycles. The Kier molecular flexibility index (Phi) is 8.98. The molecular formula is C36H40O6. The summed E-state index contributed by atoms with van der Waals surface area (Å²) in [7, 11) is 0. The lowest BCUT2D eigenvalue weighted by molar-refractivity contribution is -0.204. The molecule has 1 aliphatic heterocycles. The molecule has 1 saturated carbocycles. The molecule has 0 radical (unpaired) electrons. The minimum absolute atomic E-state index is 0.0463. The van der Waals surface area contributed by atoms with E-state index < -0.39 is 24.1 Å². The highest BCUT2D eigenvalue weighted by atomic mass is 16.7. The zero-order valence-electron chi connectivity index (χ0n) is 24.3. The molecule has 6 rings (SSSR count). The average molecular weight is 569 g/mol. The van der Waals surface area contributed by atoms with Crippen molar-refractivity contribution in [2.45, 2.75) is 70.3 Å². The van der Waals surface area contributed by atoms with Crippen LogP contribution in [0.25, 0.3) is 0 Å². The number of carbonyl (C=O) groups is 1. The van der Waals surface area contributed by atoms with Gasteiger partial charge >= 0.3 is 0 Å². The largest absolute Gasteiger partial charge is 0.370 e. The Morgan fingerprint density at radius 2 is 1.26 bits per heavy atom. The molecule has 220 valence electrons. The first-order chi connectivity index (χ1) is 20.5. The van der Waals surface area contributed by atoms with Crippen LogP contribution in [0.1, 0.15) is 37.0 Å². The Bertz CT molecular complexity index is 1320.